The molecule has 6 heteroatoms. The maximum absolute atomic E-state index is 5.88. The van der Waals surface area contributed by atoms with Gasteiger partial charge in [-0.25, -0.2) is 4.98 Å². The monoisotopic (exact) mass is 232 g/mol. The third-order valence-electron chi connectivity index (χ3n) is 3.18. The van der Waals surface area contributed by atoms with Gasteiger partial charge in [0.25, 0.3) is 0 Å². The zero-order valence-electron chi connectivity index (χ0n) is 9.63. The molecule has 90 valence electrons. The Morgan fingerprint density at radius 2 is 1.88 bits per heavy atom. The molecule has 0 saturated carbocycles. The van der Waals surface area contributed by atoms with Crippen LogP contribution in [-0.4, -0.2) is 27.7 Å². The van der Waals surface area contributed by atoms with Crippen LogP contribution in [0, 0.1) is 0 Å². The van der Waals surface area contributed by atoms with E-state index in [0.717, 1.165) is 18.9 Å². The zero-order valence-corrected chi connectivity index (χ0v) is 9.63. The molecule has 6 nitrogen and oxygen atoms in total. The molecule has 0 amide bonds. The molecule has 4 N–H and O–H groups in total. The van der Waals surface area contributed by atoms with Gasteiger partial charge in [0.1, 0.15) is 5.82 Å². The molecule has 0 atom stereocenters. The summed E-state index contributed by atoms with van der Waals surface area (Å²) in [5, 5.41) is 4.28. The van der Waals surface area contributed by atoms with Crippen molar-refractivity contribution in [3.63, 3.8) is 0 Å². The predicted octanol–water partition coefficient (Wildman–Crippen LogP) is 0.884. The van der Waals surface area contributed by atoms with Crippen LogP contribution in [0.1, 0.15) is 19.3 Å². The fraction of sp³-hybridized carbons (Fsp3) is 0.455. The lowest BCUT2D eigenvalue weighted by Crippen LogP contribution is -2.30. The molecule has 2 aromatic rings. The lowest BCUT2D eigenvalue weighted by atomic mass is 10.1. The van der Waals surface area contributed by atoms with Gasteiger partial charge in [0, 0.05) is 19.2 Å². The zero-order chi connectivity index (χ0) is 11.8. The van der Waals surface area contributed by atoms with Gasteiger partial charge in [0.15, 0.2) is 11.5 Å². The van der Waals surface area contributed by atoms with E-state index in [4.69, 9.17) is 11.5 Å². The van der Waals surface area contributed by atoms with Gasteiger partial charge in [-0.05, 0) is 19.3 Å². The second-order valence-electron chi connectivity index (χ2n) is 4.42. The number of aromatic nitrogens is 3. The molecule has 3 rings (SSSR count). The molecule has 0 unspecified atom stereocenters. The largest absolute Gasteiger partial charge is 0.396 e. The van der Waals surface area contributed by atoms with Crippen molar-refractivity contribution in [1.82, 2.24) is 14.6 Å². The molecular weight excluding hydrogens is 216 g/mol. The van der Waals surface area contributed by atoms with E-state index in [1.54, 1.807) is 10.6 Å². The van der Waals surface area contributed by atoms with Gasteiger partial charge < -0.3 is 16.4 Å². The molecule has 0 aromatic carbocycles. The summed E-state index contributed by atoms with van der Waals surface area (Å²) in [6.07, 6.45) is 5.55. The number of fused-ring (bicyclic) bond motifs is 1. The molecular formula is C11H16N6. The first-order valence-corrected chi connectivity index (χ1v) is 5.90. The predicted molar refractivity (Wildman–Crippen MR) is 67.9 cm³/mol. The number of hydrogen-bond donors (Lipinski definition) is 2. The number of hydrogen-bond acceptors (Lipinski definition) is 5. The topological polar surface area (TPSA) is 85.5 Å². The minimum atomic E-state index is 0.422. The molecule has 2 aromatic heterocycles. The maximum atomic E-state index is 5.88. The molecule has 0 bridgehead atoms. The van der Waals surface area contributed by atoms with Crippen molar-refractivity contribution < 1.29 is 0 Å². The molecule has 0 spiro atoms. The second kappa shape index (κ2) is 3.80. The Labute approximate surface area is 99.2 Å². The van der Waals surface area contributed by atoms with Crippen LogP contribution in [0.4, 0.5) is 17.3 Å². The number of nitrogens with zero attached hydrogens (tertiary/aromatic N) is 4. The van der Waals surface area contributed by atoms with Crippen molar-refractivity contribution in [3.05, 3.63) is 12.3 Å². The molecule has 17 heavy (non-hydrogen) atoms. The van der Waals surface area contributed by atoms with Crippen molar-refractivity contribution >= 4 is 23.0 Å². The quantitative estimate of drug-likeness (QED) is 0.762. The minimum Gasteiger partial charge on any atom is -0.396 e. The van der Waals surface area contributed by atoms with Crippen LogP contribution >= 0.6 is 0 Å². The number of anilines is 3. The first-order chi connectivity index (χ1) is 8.25. The fourth-order valence-corrected chi connectivity index (χ4v) is 2.34. The van der Waals surface area contributed by atoms with Crippen LogP contribution in [-0.2, 0) is 0 Å². The van der Waals surface area contributed by atoms with Gasteiger partial charge in [0.05, 0.1) is 11.9 Å². The summed E-state index contributed by atoms with van der Waals surface area (Å²) >= 11 is 0. The Bertz CT molecular complexity index is 540. The van der Waals surface area contributed by atoms with E-state index in [0.29, 0.717) is 17.2 Å². The highest BCUT2D eigenvalue weighted by atomic mass is 15.4. The molecule has 1 aliphatic rings. The van der Waals surface area contributed by atoms with Gasteiger partial charge in [0.2, 0.25) is 0 Å². The van der Waals surface area contributed by atoms with Crippen LogP contribution in [0.5, 0.6) is 0 Å². The normalized spacial score (nSPS) is 16.6. The van der Waals surface area contributed by atoms with Crippen molar-refractivity contribution in [2.75, 3.05) is 29.5 Å². The van der Waals surface area contributed by atoms with Crippen LogP contribution in [0.15, 0.2) is 12.3 Å². The van der Waals surface area contributed by atoms with Crippen LogP contribution in [0.3, 0.4) is 0 Å². The van der Waals surface area contributed by atoms with E-state index < -0.39 is 0 Å². The maximum Gasteiger partial charge on any atom is 0.179 e. The van der Waals surface area contributed by atoms with E-state index in [9.17, 15) is 0 Å². The molecule has 1 fully saturated rings. The van der Waals surface area contributed by atoms with Gasteiger partial charge in [-0.2, -0.15) is 4.52 Å². The number of piperidine rings is 1. The highest BCUT2D eigenvalue weighted by Crippen LogP contribution is 2.23. The third-order valence-corrected chi connectivity index (χ3v) is 3.18. The van der Waals surface area contributed by atoms with E-state index in [1.807, 2.05) is 6.20 Å². The number of rotatable bonds is 1. The van der Waals surface area contributed by atoms with E-state index in [-0.39, 0.29) is 0 Å². The molecule has 0 radical (unpaired) electrons. The van der Waals surface area contributed by atoms with E-state index in [2.05, 4.69) is 15.0 Å². The summed E-state index contributed by atoms with van der Waals surface area (Å²) in [4.78, 5) is 6.60. The Morgan fingerprint density at radius 1 is 1.12 bits per heavy atom. The Hall–Kier alpha value is -1.98. The Balaban J connectivity index is 2.10. The molecule has 1 saturated heterocycles. The van der Waals surface area contributed by atoms with Crippen molar-refractivity contribution in [3.8, 4) is 0 Å². The molecule has 1 aliphatic heterocycles. The Kier molecular flexibility index (Phi) is 2.28. The molecule has 3 heterocycles. The van der Waals surface area contributed by atoms with Crippen LogP contribution in [0.2, 0.25) is 0 Å². The summed E-state index contributed by atoms with van der Waals surface area (Å²) in [7, 11) is 0. The minimum absolute atomic E-state index is 0.422. The number of imidazole rings is 1. The van der Waals surface area contributed by atoms with Crippen LogP contribution < -0.4 is 16.4 Å². The van der Waals surface area contributed by atoms with Crippen molar-refractivity contribution in [1.29, 1.82) is 0 Å². The van der Waals surface area contributed by atoms with E-state index >= 15 is 0 Å². The van der Waals surface area contributed by atoms with Crippen molar-refractivity contribution in [2.45, 2.75) is 19.3 Å². The highest BCUT2D eigenvalue weighted by molar-refractivity contribution is 5.69. The lowest BCUT2D eigenvalue weighted by molar-refractivity contribution is 0.569. The fourth-order valence-electron chi connectivity index (χ4n) is 2.34. The summed E-state index contributed by atoms with van der Waals surface area (Å²) in [5.41, 5.74) is 12.9. The summed E-state index contributed by atoms with van der Waals surface area (Å²) in [5.74, 6) is 1.41. The summed E-state index contributed by atoms with van der Waals surface area (Å²) < 4.78 is 1.75. The van der Waals surface area contributed by atoms with Gasteiger partial charge in [-0.3, -0.25) is 0 Å². The summed E-state index contributed by atoms with van der Waals surface area (Å²) in [6, 6.07) is 1.64. The van der Waals surface area contributed by atoms with Crippen molar-refractivity contribution in [2.24, 2.45) is 0 Å². The smallest absolute Gasteiger partial charge is 0.179 e. The average Bonchev–Trinajstić information content (AvgIpc) is 2.74. The number of nitrogens with two attached hydrogens (primary N) is 2. The number of nitrogen functional groups attached to an aromatic ring is 2. The van der Waals surface area contributed by atoms with E-state index in [1.165, 1.54) is 19.3 Å². The molecule has 0 aliphatic carbocycles. The first-order valence-electron chi connectivity index (χ1n) is 5.90. The lowest BCUT2D eigenvalue weighted by Gasteiger charge is -2.27. The summed E-state index contributed by atoms with van der Waals surface area (Å²) in [6.45, 7) is 2.09. The van der Waals surface area contributed by atoms with Gasteiger partial charge >= 0.3 is 0 Å². The first kappa shape index (κ1) is 10.2. The third kappa shape index (κ3) is 1.65. The SMILES string of the molecule is Nc1cc(N)c2ncc(N3CCCCC3)n2n1. The standard InChI is InChI=1S/C11H16N6/c12-8-6-9(13)15-17-10(7-14-11(8)17)16-4-2-1-3-5-16/h6-7H,1-5,12H2,(H2,13,15). The average molecular weight is 232 g/mol. The highest BCUT2D eigenvalue weighted by Gasteiger charge is 2.16. The second-order valence-corrected chi connectivity index (χ2v) is 4.42. The van der Waals surface area contributed by atoms with Gasteiger partial charge in [-0.1, -0.05) is 0 Å². The van der Waals surface area contributed by atoms with Crippen LogP contribution in [0.25, 0.3) is 5.65 Å². The Morgan fingerprint density at radius 3 is 2.65 bits per heavy atom. The van der Waals surface area contributed by atoms with Gasteiger partial charge in [-0.15, -0.1) is 5.10 Å².